The van der Waals surface area contributed by atoms with Crippen molar-refractivity contribution < 1.29 is 4.79 Å². The van der Waals surface area contributed by atoms with Crippen LogP contribution in [-0.2, 0) is 0 Å². The molecule has 1 amide bonds. The Kier molecular flexibility index (Phi) is 4.96. The average molecular weight is 330 g/mol. The van der Waals surface area contributed by atoms with Crippen LogP contribution in [0.5, 0.6) is 0 Å². The first-order valence-electron chi connectivity index (χ1n) is 6.07. The van der Waals surface area contributed by atoms with Gasteiger partial charge in [0.1, 0.15) is 5.69 Å². The van der Waals surface area contributed by atoms with Gasteiger partial charge in [0.05, 0.1) is 33.5 Å². The molecule has 1 aromatic carbocycles. The maximum Gasteiger partial charge on any atom is 0.255 e. The van der Waals surface area contributed by atoms with Crippen molar-refractivity contribution in [2.24, 2.45) is 0 Å². The van der Waals surface area contributed by atoms with Gasteiger partial charge in [-0.3, -0.25) is 4.79 Å². The van der Waals surface area contributed by atoms with Crippen molar-refractivity contribution in [2.75, 3.05) is 13.6 Å². The van der Waals surface area contributed by atoms with E-state index >= 15 is 0 Å². The van der Waals surface area contributed by atoms with E-state index in [2.05, 4.69) is 8.75 Å². The van der Waals surface area contributed by atoms with Crippen LogP contribution in [0.4, 0.5) is 0 Å². The summed E-state index contributed by atoms with van der Waals surface area (Å²) in [5.74, 6) is -0.127. The third kappa shape index (κ3) is 2.95. The fourth-order valence-electron chi connectivity index (χ4n) is 1.87. The first kappa shape index (κ1) is 15.2. The van der Waals surface area contributed by atoms with Gasteiger partial charge in [0.2, 0.25) is 0 Å². The number of carbonyl (C=O) groups excluding carboxylic acids is 1. The maximum absolute atomic E-state index is 12.4. The zero-order chi connectivity index (χ0) is 14.7. The molecule has 2 aromatic rings. The van der Waals surface area contributed by atoms with E-state index in [4.69, 9.17) is 23.2 Å². The minimum Gasteiger partial charge on any atom is -0.342 e. The van der Waals surface area contributed by atoms with Gasteiger partial charge in [0.25, 0.3) is 5.91 Å². The lowest BCUT2D eigenvalue weighted by molar-refractivity contribution is 0.0795. The molecular formula is C13H13Cl2N3OS. The largest absolute Gasteiger partial charge is 0.342 e. The summed E-state index contributed by atoms with van der Waals surface area (Å²) < 4.78 is 8.06. The Hall–Kier alpha value is -1.17. The number of carbonyl (C=O) groups is 1. The summed E-state index contributed by atoms with van der Waals surface area (Å²) in [4.78, 5) is 14.0. The van der Waals surface area contributed by atoms with Crippen LogP contribution in [0.2, 0.25) is 10.0 Å². The molecule has 0 fully saturated rings. The SMILES string of the molecule is CCCN(C)C(=O)c1ccc(Cl)c(-c2cnsn2)c1Cl. The highest BCUT2D eigenvalue weighted by atomic mass is 35.5. The second-order valence-electron chi connectivity index (χ2n) is 4.30. The molecule has 7 heteroatoms. The van der Waals surface area contributed by atoms with Gasteiger partial charge in [0.15, 0.2) is 0 Å². The van der Waals surface area contributed by atoms with Crippen LogP contribution in [0.3, 0.4) is 0 Å². The second kappa shape index (κ2) is 6.52. The summed E-state index contributed by atoms with van der Waals surface area (Å²) >= 11 is 13.6. The predicted octanol–water partition coefficient (Wildman–Crippen LogP) is 3.99. The van der Waals surface area contributed by atoms with Crippen LogP contribution < -0.4 is 0 Å². The normalized spacial score (nSPS) is 10.6. The van der Waals surface area contributed by atoms with Crippen LogP contribution in [0.25, 0.3) is 11.3 Å². The Morgan fingerprint density at radius 2 is 2.15 bits per heavy atom. The molecule has 0 atom stereocenters. The molecular weight excluding hydrogens is 317 g/mol. The van der Waals surface area contributed by atoms with Gasteiger partial charge in [-0.2, -0.15) is 8.75 Å². The van der Waals surface area contributed by atoms with Crippen LogP contribution in [0.1, 0.15) is 23.7 Å². The van der Waals surface area contributed by atoms with E-state index in [0.29, 0.717) is 33.4 Å². The Morgan fingerprint density at radius 3 is 2.75 bits per heavy atom. The Bertz CT molecular complexity index is 616. The van der Waals surface area contributed by atoms with Crippen LogP contribution in [0, 0.1) is 0 Å². The van der Waals surface area contributed by atoms with Crippen molar-refractivity contribution in [3.63, 3.8) is 0 Å². The van der Waals surface area contributed by atoms with Crippen molar-refractivity contribution in [2.45, 2.75) is 13.3 Å². The highest BCUT2D eigenvalue weighted by Crippen LogP contribution is 2.36. The molecule has 0 radical (unpaired) electrons. The lowest BCUT2D eigenvalue weighted by Crippen LogP contribution is -2.27. The van der Waals surface area contributed by atoms with Gasteiger partial charge in [-0.1, -0.05) is 30.1 Å². The zero-order valence-corrected chi connectivity index (χ0v) is 13.4. The minimum atomic E-state index is -0.127. The van der Waals surface area contributed by atoms with Crippen LogP contribution >= 0.6 is 34.9 Å². The summed E-state index contributed by atoms with van der Waals surface area (Å²) in [6.07, 6.45) is 2.47. The molecule has 0 saturated heterocycles. The molecule has 4 nitrogen and oxygen atoms in total. The van der Waals surface area contributed by atoms with Crippen LogP contribution in [-0.4, -0.2) is 33.1 Å². The number of nitrogens with zero attached hydrogens (tertiary/aromatic N) is 3. The summed E-state index contributed by atoms with van der Waals surface area (Å²) in [5.41, 5.74) is 1.56. The van der Waals surface area contributed by atoms with Crippen molar-refractivity contribution in [1.82, 2.24) is 13.6 Å². The molecule has 106 valence electrons. The van der Waals surface area contributed by atoms with E-state index in [9.17, 15) is 4.79 Å². The van der Waals surface area contributed by atoms with E-state index in [1.54, 1.807) is 30.3 Å². The molecule has 0 spiro atoms. The van der Waals surface area contributed by atoms with Gasteiger partial charge in [-0.15, -0.1) is 0 Å². The first-order chi connectivity index (χ1) is 9.56. The summed E-state index contributed by atoms with van der Waals surface area (Å²) in [7, 11) is 1.75. The van der Waals surface area contributed by atoms with E-state index in [1.165, 1.54) is 0 Å². The molecule has 2 rings (SSSR count). The molecule has 0 saturated carbocycles. The van der Waals surface area contributed by atoms with Gasteiger partial charge < -0.3 is 4.90 Å². The average Bonchev–Trinajstić information content (AvgIpc) is 2.92. The molecule has 1 heterocycles. The molecule has 0 aliphatic rings. The third-order valence-corrected chi connectivity index (χ3v) is 4.03. The van der Waals surface area contributed by atoms with Crippen molar-refractivity contribution in [1.29, 1.82) is 0 Å². The van der Waals surface area contributed by atoms with Crippen LogP contribution in [0.15, 0.2) is 18.3 Å². The molecule has 0 N–H and O–H groups in total. The number of benzene rings is 1. The number of hydrogen-bond donors (Lipinski definition) is 0. The molecule has 0 aliphatic carbocycles. The summed E-state index contributed by atoms with van der Waals surface area (Å²) in [5, 5.41) is 0.774. The molecule has 20 heavy (non-hydrogen) atoms. The van der Waals surface area contributed by atoms with Gasteiger partial charge in [-0.25, -0.2) is 0 Å². The first-order valence-corrected chi connectivity index (χ1v) is 7.56. The minimum absolute atomic E-state index is 0.127. The number of aromatic nitrogens is 2. The lowest BCUT2D eigenvalue weighted by Gasteiger charge is -2.18. The lowest BCUT2D eigenvalue weighted by atomic mass is 10.1. The van der Waals surface area contributed by atoms with Gasteiger partial charge in [-0.05, 0) is 18.6 Å². The van der Waals surface area contributed by atoms with E-state index in [0.717, 1.165) is 18.1 Å². The number of halogens is 2. The number of rotatable bonds is 4. The molecule has 0 bridgehead atoms. The molecule has 1 aromatic heterocycles. The Morgan fingerprint density at radius 1 is 1.40 bits per heavy atom. The fraction of sp³-hybridized carbons (Fsp3) is 0.308. The molecule has 0 aliphatic heterocycles. The second-order valence-corrected chi connectivity index (χ2v) is 5.65. The summed E-state index contributed by atoms with van der Waals surface area (Å²) in [6.45, 7) is 2.69. The summed E-state index contributed by atoms with van der Waals surface area (Å²) in [6, 6.07) is 3.30. The van der Waals surface area contributed by atoms with E-state index in [1.807, 2.05) is 6.92 Å². The monoisotopic (exact) mass is 329 g/mol. The zero-order valence-electron chi connectivity index (χ0n) is 11.1. The van der Waals surface area contributed by atoms with Gasteiger partial charge >= 0.3 is 0 Å². The quantitative estimate of drug-likeness (QED) is 0.851. The number of amides is 1. The Labute approximate surface area is 131 Å². The maximum atomic E-state index is 12.4. The highest BCUT2D eigenvalue weighted by Gasteiger charge is 2.20. The highest BCUT2D eigenvalue weighted by molar-refractivity contribution is 6.99. The standard InChI is InChI=1S/C13H13Cl2N3OS/c1-3-6-18(2)13(19)8-4-5-9(14)11(12(8)15)10-7-16-20-17-10/h4-5,7H,3,6H2,1-2H3. The Balaban J connectivity index is 2.47. The van der Waals surface area contributed by atoms with Crippen molar-refractivity contribution in [3.05, 3.63) is 33.9 Å². The molecule has 0 unspecified atom stereocenters. The topological polar surface area (TPSA) is 46.1 Å². The van der Waals surface area contributed by atoms with Gasteiger partial charge in [0, 0.05) is 19.2 Å². The van der Waals surface area contributed by atoms with E-state index in [-0.39, 0.29) is 5.91 Å². The smallest absolute Gasteiger partial charge is 0.255 e. The van der Waals surface area contributed by atoms with E-state index < -0.39 is 0 Å². The predicted molar refractivity (Wildman–Crippen MR) is 82.6 cm³/mol. The number of hydrogen-bond acceptors (Lipinski definition) is 4. The fourth-order valence-corrected chi connectivity index (χ4v) is 2.94. The van der Waals surface area contributed by atoms with Crippen molar-refractivity contribution in [3.8, 4) is 11.3 Å². The third-order valence-electron chi connectivity index (χ3n) is 2.84. The van der Waals surface area contributed by atoms with Crippen molar-refractivity contribution >= 4 is 40.8 Å².